The van der Waals surface area contributed by atoms with E-state index in [9.17, 15) is 31.7 Å². The van der Waals surface area contributed by atoms with Crippen LogP contribution in [0.2, 0.25) is 0 Å². The van der Waals surface area contributed by atoms with Crippen LogP contribution in [0.5, 0.6) is 0 Å². The maximum atomic E-state index is 13.4. The number of hydrogen-bond donors (Lipinski definition) is 1. The summed E-state index contributed by atoms with van der Waals surface area (Å²) < 4.78 is 67.2. The molecule has 2 atom stereocenters. The number of benzene rings is 1. The molecule has 25 heavy (non-hydrogen) atoms. The SMILES string of the molecule is O=[N+]([O-])c1ccc(S(=O)(=O)N2C3CCNCC2CC3)c(C(F)(F)F)c1. The van der Waals surface area contributed by atoms with Crippen LogP contribution in [0.25, 0.3) is 0 Å². The molecule has 0 saturated carbocycles. The molecular weight excluding hydrogens is 363 g/mol. The zero-order valence-corrected chi connectivity index (χ0v) is 13.8. The molecule has 0 aliphatic carbocycles. The van der Waals surface area contributed by atoms with Crippen molar-refractivity contribution in [1.82, 2.24) is 9.62 Å². The van der Waals surface area contributed by atoms with Crippen LogP contribution in [0.4, 0.5) is 18.9 Å². The molecular formula is C14H16F3N3O4S. The molecule has 11 heteroatoms. The normalized spacial score (nSPS) is 24.9. The van der Waals surface area contributed by atoms with E-state index in [4.69, 9.17) is 0 Å². The number of hydrogen-bond acceptors (Lipinski definition) is 5. The second-order valence-corrected chi connectivity index (χ2v) is 7.96. The number of non-ortho nitro benzene ring substituents is 1. The fourth-order valence-corrected chi connectivity index (χ4v) is 5.62. The number of nitro benzene ring substituents is 1. The second-order valence-electron chi connectivity index (χ2n) is 6.15. The summed E-state index contributed by atoms with van der Waals surface area (Å²) in [6.07, 6.45) is -3.33. The molecule has 0 radical (unpaired) electrons. The van der Waals surface area contributed by atoms with Crippen LogP contribution in [0.15, 0.2) is 23.1 Å². The lowest BCUT2D eigenvalue weighted by molar-refractivity contribution is -0.385. The second kappa shape index (κ2) is 6.22. The van der Waals surface area contributed by atoms with E-state index in [0.29, 0.717) is 38.4 Å². The Balaban J connectivity index is 2.12. The fourth-order valence-electron chi connectivity index (χ4n) is 3.52. The molecule has 2 bridgehead atoms. The lowest BCUT2D eigenvalue weighted by Gasteiger charge is -2.28. The molecule has 2 heterocycles. The minimum Gasteiger partial charge on any atom is -0.315 e. The van der Waals surface area contributed by atoms with E-state index >= 15 is 0 Å². The van der Waals surface area contributed by atoms with Crippen LogP contribution >= 0.6 is 0 Å². The van der Waals surface area contributed by atoms with E-state index in [1.54, 1.807) is 0 Å². The summed E-state index contributed by atoms with van der Waals surface area (Å²) in [7, 11) is -4.43. The number of sulfonamides is 1. The highest BCUT2D eigenvalue weighted by Gasteiger charge is 2.47. The van der Waals surface area contributed by atoms with Crippen LogP contribution in [0.3, 0.4) is 0 Å². The van der Waals surface area contributed by atoms with Crippen LogP contribution in [0, 0.1) is 10.1 Å². The van der Waals surface area contributed by atoms with E-state index in [-0.39, 0.29) is 12.1 Å². The molecule has 3 rings (SSSR count). The first-order valence-electron chi connectivity index (χ1n) is 7.72. The summed E-state index contributed by atoms with van der Waals surface area (Å²) in [4.78, 5) is 8.86. The van der Waals surface area contributed by atoms with Crippen LogP contribution in [-0.4, -0.2) is 42.8 Å². The molecule has 2 aliphatic heterocycles. The number of nitrogens with one attached hydrogen (secondary N) is 1. The average Bonchev–Trinajstić information content (AvgIpc) is 2.79. The largest absolute Gasteiger partial charge is 0.417 e. The van der Waals surface area contributed by atoms with Gasteiger partial charge in [-0.05, 0) is 31.9 Å². The van der Waals surface area contributed by atoms with Crippen LogP contribution < -0.4 is 5.32 Å². The Hall–Kier alpha value is -1.72. The third-order valence-electron chi connectivity index (χ3n) is 4.62. The molecule has 0 spiro atoms. The van der Waals surface area contributed by atoms with E-state index in [1.807, 2.05) is 0 Å². The minimum atomic E-state index is -5.02. The molecule has 2 saturated heterocycles. The summed E-state index contributed by atoms with van der Waals surface area (Å²) in [5, 5.41) is 13.9. The van der Waals surface area contributed by atoms with Gasteiger partial charge in [0.15, 0.2) is 0 Å². The zero-order chi connectivity index (χ0) is 18.4. The van der Waals surface area contributed by atoms with E-state index in [0.717, 1.165) is 10.4 Å². The van der Waals surface area contributed by atoms with Gasteiger partial charge in [0, 0.05) is 30.8 Å². The summed E-state index contributed by atoms with van der Waals surface area (Å²) >= 11 is 0. The number of rotatable bonds is 3. The highest BCUT2D eigenvalue weighted by molar-refractivity contribution is 7.89. The standard InChI is InChI=1S/C14H16F3N3O4S/c15-14(16,17)12-7-10(20(21)22)3-4-13(12)25(23,24)19-9-1-2-11(19)8-18-6-5-9/h3-4,7,9,11,18H,1-2,5-6,8H2. The highest BCUT2D eigenvalue weighted by Crippen LogP contribution is 2.40. The molecule has 0 aromatic heterocycles. The van der Waals surface area contributed by atoms with Gasteiger partial charge in [0.05, 0.1) is 15.4 Å². The maximum Gasteiger partial charge on any atom is 0.417 e. The Labute approximate surface area is 142 Å². The zero-order valence-electron chi connectivity index (χ0n) is 13.0. The summed E-state index contributed by atoms with van der Waals surface area (Å²) in [6, 6.07) is 0.994. The van der Waals surface area contributed by atoms with Crippen LogP contribution in [-0.2, 0) is 16.2 Å². The Morgan fingerprint density at radius 2 is 1.88 bits per heavy atom. The monoisotopic (exact) mass is 379 g/mol. The third kappa shape index (κ3) is 3.23. The van der Waals surface area contributed by atoms with Gasteiger partial charge < -0.3 is 5.32 Å². The molecule has 2 fully saturated rings. The third-order valence-corrected chi connectivity index (χ3v) is 6.69. The van der Waals surface area contributed by atoms with Crippen molar-refractivity contribution >= 4 is 15.7 Å². The van der Waals surface area contributed by atoms with Gasteiger partial charge in [-0.2, -0.15) is 17.5 Å². The number of halogens is 3. The summed E-state index contributed by atoms with van der Waals surface area (Å²) in [5.74, 6) is 0. The molecule has 1 N–H and O–H groups in total. The van der Waals surface area contributed by atoms with Crippen LogP contribution in [0.1, 0.15) is 24.8 Å². The molecule has 1 aromatic rings. The molecule has 2 unspecified atom stereocenters. The van der Waals surface area contributed by atoms with Crippen molar-refractivity contribution in [3.63, 3.8) is 0 Å². The molecule has 2 aliphatic rings. The average molecular weight is 379 g/mol. The minimum absolute atomic E-state index is 0.283. The van der Waals surface area contributed by atoms with Gasteiger partial charge >= 0.3 is 6.18 Å². The van der Waals surface area contributed by atoms with Crippen molar-refractivity contribution in [3.8, 4) is 0 Å². The molecule has 7 nitrogen and oxygen atoms in total. The van der Waals surface area contributed by atoms with Gasteiger partial charge in [-0.25, -0.2) is 8.42 Å². The van der Waals surface area contributed by atoms with E-state index in [2.05, 4.69) is 5.32 Å². The molecule has 0 amide bonds. The van der Waals surface area contributed by atoms with E-state index in [1.165, 1.54) is 0 Å². The predicted octanol–water partition coefficient (Wildman–Crippen LogP) is 2.13. The van der Waals surface area contributed by atoms with Crippen molar-refractivity contribution in [2.45, 2.75) is 42.4 Å². The predicted molar refractivity (Wildman–Crippen MR) is 81.4 cm³/mol. The molecule has 1 aromatic carbocycles. The lowest BCUT2D eigenvalue weighted by atomic mass is 10.1. The Morgan fingerprint density at radius 3 is 2.52 bits per heavy atom. The van der Waals surface area contributed by atoms with Gasteiger partial charge in [0.25, 0.3) is 5.69 Å². The fraction of sp³-hybridized carbons (Fsp3) is 0.571. The first-order chi connectivity index (χ1) is 11.6. The van der Waals surface area contributed by atoms with Crippen molar-refractivity contribution in [2.75, 3.05) is 13.1 Å². The van der Waals surface area contributed by atoms with Crippen molar-refractivity contribution in [1.29, 1.82) is 0 Å². The van der Waals surface area contributed by atoms with Crippen molar-refractivity contribution in [3.05, 3.63) is 33.9 Å². The van der Waals surface area contributed by atoms with Gasteiger partial charge in [-0.3, -0.25) is 10.1 Å². The summed E-state index contributed by atoms with van der Waals surface area (Å²) in [6.45, 7) is 0.976. The highest BCUT2D eigenvalue weighted by atomic mass is 32.2. The maximum absolute atomic E-state index is 13.4. The van der Waals surface area contributed by atoms with Crippen molar-refractivity contribution in [2.24, 2.45) is 0 Å². The van der Waals surface area contributed by atoms with Gasteiger partial charge in [0.1, 0.15) is 0 Å². The number of nitro groups is 1. The number of alkyl halides is 3. The Kier molecular flexibility index (Phi) is 4.50. The Morgan fingerprint density at radius 1 is 1.20 bits per heavy atom. The Bertz CT molecular complexity index is 783. The van der Waals surface area contributed by atoms with Gasteiger partial charge in [-0.1, -0.05) is 0 Å². The number of nitrogens with zero attached hydrogens (tertiary/aromatic N) is 2. The smallest absolute Gasteiger partial charge is 0.315 e. The molecule has 138 valence electrons. The quantitative estimate of drug-likeness (QED) is 0.642. The van der Waals surface area contributed by atoms with Gasteiger partial charge in [0.2, 0.25) is 10.0 Å². The van der Waals surface area contributed by atoms with Gasteiger partial charge in [-0.15, -0.1) is 0 Å². The summed E-state index contributed by atoms with van der Waals surface area (Å²) in [5.41, 5.74) is -2.30. The first-order valence-corrected chi connectivity index (χ1v) is 9.16. The van der Waals surface area contributed by atoms with Crippen molar-refractivity contribution < 1.29 is 26.5 Å². The first kappa shape index (κ1) is 18.1. The van der Waals surface area contributed by atoms with E-state index < -0.39 is 43.3 Å². The number of fused-ring (bicyclic) bond motifs is 2. The topological polar surface area (TPSA) is 92.5 Å². The lowest BCUT2D eigenvalue weighted by Crippen LogP contribution is -2.43.